The highest BCUT2D eigenvalue weighted by Gasteiger charge is 2.55. The lowest BCUT2D eigenvalue weighted by molar-refractivity contribution is 0.112. The minimum Gasteiger partial charge on any atom is -0.170 e. The van der Waals surface area contributed by atoms with Crippen molar-refractivity contribution in [1.29, 1.82) is 0 Å². The molecule has 2 aliphatic carbocycles. The monoisotopic (exact) mass is 386 g/mol. The maximum atomic E-state index is 6.77. The van der Waals surface area contributed by atoms with Crippen LogP contribution in [0.15, 0.2) is 46.6 Å². The maximum absolute atomic E-state index is 6.77. The van der Waals surface area contributed by atoms with Gasteiger partial charge in [-0.1, -0.05) is 48.2 Å². The highest BCUT2D eigenvalue weighted by Crippen LogP contribution is 2.64. The molecule has 0 aromatic rings. The molecular weight excluding hydrogens is 351 g/mol. The summed E-state index contributed by atoms with van der Waals surface area (Å²) in [6, 6.07) is 0. The molecule has 5 unspecified atom stereocenters. The Morgan fingerprint density at radius 2 is 1.62 bits per heavy atom. The molecule has 1 spiro atoms. The molecule has 0 bridgehead atoms. The van der Waals surface area contributed by atoms with Gasteiger partial charge >= 0.3 is 0 Å². The van der Waals surface area contributed by atoms with E-state index in [-0.39, 0.29) is 21.7 Å². The largest absolute Gasteiger partial charge is 0.170 e. The van der Waals surface area contributed by atoms with Gasteiger partial charge in [0.15, 0.2) is 0 Å². The van der Waals surface area contributed by atoms with Crippen molar-refractivity contribution in [3.05, 3.63) is 46.6 Å². The van der Waals surface area contributed by atoms with Crippen molar-refractivity contribution in [3.8, 4) is 0 Å². The smallest absolute Gasteiger partial charge is 0.0715 e. The first-order chi connectivity index (χ1) is 12.1. The molecule has 3 heteroatoms. The third kappa shape index (κ3) is 3.68. The minimum atomic E-state index is -0.0850. The van der Waals surface area contributed by atoms with Crippen LogP contribution in [0.3, 0.4) is 0 Å². The Morgan fingerprint density at radius 1 is 1.04 bits per heavy atom. The van der Waals surface area contributed by atoms with Gasteiger partial charge in [0.25, 0.3) is 0 Å². The minimum absolute atomic E-state index is 0.0176. The van der Waals surface area contributed by atoms with E-state index in [1.54, 1.807) is 0 Å². The fraction of sp³-hybridized carbons (Fsp3) is 0.652. The summed E-state index contributed by atoms with van der Waals surface area (Å²) < 4.78 is 0. The molecule has 2 radical (unpaired) electrons. The summed E-state index contributed by atoms with van der Waals surface area (Å²) in [7, 11) is 6.77. The van der Waals surface area contributed by atoms with E-state index >= 15 is 0 Å². The predicted molar refractivity (Wildman–Crippen MR) is 125 cm³/mol. The topological polar surface area (TPSA) is 0 Å². The zero-order valence-corrected chi connectivity index (χ0v) is 19.0. The molecule has 0 heterocycles. The van der Waals surface area contributed by atoms with Crippen LogP contribution in [0, 0.1) is 11.3 Å². The Hall–Kier alpha value is -0.275. The van der Waals surface area contributed by atoms with Crippen molar-refractivity contribution in [3.63, 3.8) is 0 Å². The lowest BCUT2D eigenvalue weighted by atomic mass is 9.41. The molecule has 142 valence electrons. The summed E-state index contributed by atoms with van der Waals surface area (Å²) in [5, 5.41) is 0.0465. The molecule has 0 N–H and O–H groups in total. The first-order valence-electron chi connectivity index (χ1n) is 9.88. The second-order valence-corrected chi connectivity index (χ2v) is 9.87. The molecule has 0 aliphatic heterocycles. The Kier molecular flexibility index (Phi) is 7.11. The molecule has 2 saturated carbocycles. The van der Waals surface area contributed by atoms with Crippen LogP contribution in [0.5, 0.6) is 0 Å². The first kappa shape index (κ1) is 22.0. The van der Waals surface area contributed by atoms with Gasteiger partial charge in [-0.05, 0) is 76.9 Å². The zero-order chi connectivity index (χ0) is 19.8. The van der Waals surface area contributed by atoms with Crippen LogP contribution in [-0.4, -0.2) is 18.3 Å². The van der Waals surface area contributed by atoms with Crippen molar-refractivity contribution in [2.24, 2.45) is 11.3 Å². The summed E-state index contributed by atoms with van der Waals surface area (Å²) in [4.78, 5) is 0. The van der Waals surface area contributed by atoms with Gasteiger partial charge in [0.05, 0.1) is 7.85 Å². The van der Waals surface area contributed by atoms with Crippen LogP contribution in [-0.2, 0) is 0 Å². The van der Waals surface area contributed by atoms with Crippen molar-refractivity contribution < 1.29 is 0 Å². The molecular formula is C23H35BS2. The second-order valence-electron chi connectivity index (χ2n) is 8.84. The van der Waals surface area contributed by atoms with E-state index < -0.39 is 0 Å². The van der Waals surface area contributed by atoms with E-state index in [1.807, 2.05) is 0 Å². The Labute approximate surface area is 173 Å². The molecule has 0 saturated heterocycles. The average Bonchev–Trinajstić information content (AvgIpc) is 2.58. The van der Waals surface area contributed by atoms with Gasteiger partial charge in [-0.3, -0.25) is 0 Å². The summed E-state index contributed by atoms with van der Waals surface area (Å²) in [5.74, 6) is 0.654. The molecule has 2 rings (SSSR count). The fourth-order valence-electron chi connectivity index (χ4n) is 5.10. The van der Waals surface area contributed by atoms with Crippen LogP contribution in [0.1, 0.15) is 66.7 Å². The summed E-state index contributed by atoms with van der Waals surface area (Å²) in [6.45, 7) is 19.9. The molecule has 2 fully saturated rings. The Morgan fingerprint density at radius 3 is 2.08 bits per heavy atom. The number of rotatable bonds is 0. The molecule has 0 aromatic heterocycles. The SMILES string of the molecule is [B]C1C(C)CC12C(=C(C)C)CCCCC(=C)C(S)C(=C(C)C)C(=C)C2S. The molecule has 0 nitrogen and oxygen atoms in total. The van der Waals surface area contributed by atoms with E-state index in [2.05, 4.69) is 47.8 Å². The fourth-order valence-corrected chi connectivity index (χ4v) is 6.22. The van der Waals surface area contributed by atoms with Crippen molar-refractivity contribution in [2.45, 2.75) is 83.0 Å². The average molecular weight is 386 g/mol. The van der Waals surface area contributed by atoms with E-state index in [1.165, 1.54) is 34.3 Å². The highest BCUT2D eigenvalue weighted by molar-refractivity contribution is 7.81. The van der Waals surface area contributed by atoms with Crippen LogP contribution < -0.4 is 0 Å². The highest BCUT2D eigenvalue weighted by atomic mass is 32.1. The number of thiol groups is 2. The van der Waals surface area contributed by atoms with Crippen molar-refractivity contribution in [1.82, 2.24) is 0 Å². The first-order valence-corrected chi connectivity index (χ1v) is 10.9. The Bertz CT molecular complexity index is 649. The van der Waals surface area contributed by atoms with Gasteiger partial charge in [0.2, 0.25) is 0 Å². The number of hydrogen-bond donors (Lipinski definition) is 2. The van der Waals surface area contributed by atoms with Crippen LogP contribution in [0.4, 0.5) is 0 Å². The zero-order valence-electron chi connectivity index (χ0n) is 17.2. The Balaban J connectivity index is 2.62. The molecule has 5 atom stereocenters. The van der Waals surface area contributed by atoms with Gasteiger partial charge in [-0.15, -0.1) is 0 Å². The molecule has 2 aliphatic rings. The van der Waals surface area contributed by atoms with Crippen molar-refractivity contribution in [2.75, 3.05) is 0 Å². The lowest BCUT2D eigenvalue weighted by Gasteiger charge is -2.59. The summed E-state index contributed by atoms with van der Waals surface area (Å²) in [5.41, 5.74) is 7.56. The van der Waals surface area contributed by atoms with Crippen LogP contribution in [0.25, 0.3) is 0 Å². The van der Waals surface area contributed by atoms with Crippen molar-refractivity contribution >= 4 is 33.1 Å². The molecule has 0 aromatic carbocycles. The summed E-state index contributed by atoms with van der Waals surface area (Å²) >= 11 is 10.1. The maximum Gasteiger partial charge on any atom is 0.0715 e. The standard InChI is InChI=1S/C23H35BS2/c1-13(2)18-11-9-8-10-15(5)20(25)19(14(3)4)17(7)22(26)23(18)12-16(6)21(23)24/h16,20-22,25-26H,5,7-12H2,1-4,6H3. The van der Waals surface area contributed by atoms with E-state index in [0.717, 1.165) is 31.3 Å². The van der Waals surface area contributed by atoms with Crippen LogP contribution >= 0.6 is 25.3 Å². The lowest BCUT2D eigenvalue weighted by Crippen LogP contribution is -2.51. The van der Waals surface area contributed by atoms with E-state index in [0.29, 0.717) is 5.92 Å². The second kappa shape index (κ2) is 8.39. The molecule has 0 amide bonds. The number of hydrogen-bond acceptors (Lipinski definition) is 2. The quantitative estimate of drug-likeness (QED) is 0.252. The normalized spacial score (nSPS) is 36.6. The molecule has 26 heavy (non-hydrogen) atoms. The van der Waals surface area contributed by atoms with Gasteiger partial charge in [-0.2, -0.15) is 25.3 Å². The summed E-state index contributed by atoms with van der Waals surface area (Å²) in [6.07, 6.45) is 5.52. The van der Waals surface area contributed by atoms with Gasteiger partial charge in [-0.25, -0.2) is 0 Å². The van der Waals surface area contributed by atoms with Gasteiger partial charge in [0, 0.05) is 15.9 Å². The predicted octanol–water partition coefficient (Wildman–Crippen LogP) is 6.93. The third-order valence-corrected chi connectivity index (χ3v) is 7.97. The van der Waals surface area contributed by atoms with Gasteiger partial charge in [0.1, 0.15) is 0 Å². The number of allylic oxidation sites excluding steroid dienone is 3. The van der Waals surface area contributed by atoms with E-state index in [9.17, 15) is 0 Å². The van der Waals surface area contributed by atoms with E-state index in [4.69, 9.17) is 33.1 Å². The third-order valence-electron chi connectivity index (χ3n) is 6.57. The van der Waals surface area contributed by atoms with Gasteiger partial charge < -0.3 is 0 Å². The van der Waals surface area contributed by atoms with Crippen LogP contribution in [0.2, 0.25) is 5.82 Å².